The third kappa shape index (κ3) is 6.37. The molecule has 6 nitrogen and oxygen atoms in total. The zero-order chi connectivity index (χ0) is 25.7. The number of hydrogen-bond acceptors (Lipinski definition) is 4. The normalized spacial score (nSPS) is 11.1. The first kappa shape index (κ1) is 25.6. The second-order valence-electron chi connectivity index (χ2n) is 7.92. The third-order valence-corrected chi connectivity index (χ3v) is 6.99. The van der Waals surface area contributed by atoms with Crippen LogP contribution in [0.2, 0.25) is 10.0 Å². The Morgan fingerprint density at radius 3 is 2.22 bits per heavy atom. The molecular formula is C27H22Cl2N2O4S. The van der Waals surface area contributed by atoms with Gasteiger partial charge in [-0.3, -0.25) is 9.10 Å². The minimum Gasteiger partial charge on any atom is -0.455 e. The number of anilines is 2. The van der Waals surface area contributed by atoms with Crippen LogP contribution >= 0.6 is 23.2 Å². The van der Waals surface area contributed by atoms with Crippen molar-refractivity contribution in [2.75, 3.05) is 15.9 Å². The van der Waals surface area contributed by atoms with Gasteiger partial charge in [0.05, 0.1) is 24.2 Å². The molecule has 4 aromatic carbocycles. The molecule has 184 valence electrons. The van der Waals surface area contributed by atoms with Crippen molar-refractivity contribution in [2.45, 2.75) is 6.54 Å². The van der Waals surface area contributed by atoms with E-state index in [4.69, 9.17) is 27.9 Å². The Hall–Kier alpha value is -3.52. The Morgan fingerprint density at radius 2 is 1.56 bits per heavy atom. The van der Waals surface area contributed by atoms with Gasteiger partial charge in [0.25, 0.3) is 5.91 Å². The smallest absolute Gasteiger partial charge is 0.255 e. The van der Waals surface area contributed by atoms with Gasteiger partial charge >= 0.3 is 0 Å². The van der Waals surface area contributed by atoms with Gasteiger partial charge in [-0.25, -0.2) is 8.42 Å². The number of halogens is 2. The molecule has 0 aromatic heterocycles. The number of carbonyl (C=O) groups excluding carboxylic acids is 1. The maximum absolute atomic E-state index is 13.0. The summed E-state index contributed by atoms with van der Waals surface area (Å²) in [6.45, 7) is 0.0623. The fourth-order valence-electron chi connectivity index (χ4n) is 3.46. The maximum atomic E-state index is 13.0. The zero-order valence-electron chi connectivity index (χ0n) is 19.2. The summed E-state index contributed by atoms with van der Waals surface area (Å²) in [6.07, 6.45) is 1.12. The second-order valence-corrected chi connectivity index (χ2v) is 10.7. The fraction of sp³-hybridized carbons (Fsp3) is 0.0741. The molecule has 1 N–H and O–H groups in total. The first-order chi connectivity index (χ1) is 17.2. The highest BCUT2D eigenvalue weighted by atomic mass is 35.5. The summed E-state index contributed by atoms with van der Waals surface area (Å²) in [5.74, 6) is 0.636. The first-order valence-corrected chi connectivity index (χ1v) is 13.5. The summed E-state index contributed by atoms with van der Waals surface area (Å²) in [7, 11) is -3.61. The molecule has 0 unspecified atom stereocenters. The van der Waals surface area contributed by atoms with E-state index in [0.29, 0.717) is 44.0 Å². The topological polar surface area (TPSA) is 75.7 Å². The van der Waals surface area contributed by atoms with Crippen molar-refractivity contribution in [3.05, 3.63) is 118 Å². The van der Waals surface area contributed by atoms with Gasteiger partial charge < -0.3 is 10.1 Å². The van der Waals surface area contributed by atoms with E-state index in [9.17, 15) is 13.2 Å². The van der Waals surface area contributed by atoms with Gasteiger partial charge in [0, 0.05) is 15.6 Å². The molecule has 0 bridgehead atoms. The number of rotatable bonds is 8. The molecule has 36 heavy (non-hydrogen) atoms. The van der Waals surface area contributed by atoms with Gasteiger partial charge in [0.15, 0.2) is 5.75 Å². The third-order valence-electron chi connectivity index (χ3n) is 5.25. The SMILES string of the molecule is CS(=O)(=O)N(Cc1ccccc1Cl)c1ccc(C(=O)Nc2cc(Cl)ccc2Oc2ccccc2)cc1. The number of nitrogens with one attached hydrogen (secondary N) is 1. The number of benzene rings is 4. The summed E-state index contributed by atoms with van der Waals surface area (Å²) in [4.78, 5) is 13.0. The molecule has 4 rings (SSSR count). The van der Waals surface area contributed by atoms with Gasteiger partial charge in [-0.1, -0.05) is 59.6 Å². The Labute approximate surface area is 220 Å². The number of ether oxygens (including phenoxy) is 1. The van der Waals surface area contributed by atoms with E-state index < -0.39 is 15.9 Å². The van der Waals surface area contributed by atoms with Crippen molar-refractivity contribution in [2.24, 2.45) is 0 Å². The molecule has 0 saturated heterocycles. The highest BCUT2D eigenvalue weighted by Gasteiger charge is 2.20. The molecule has 0 aliphatic carbocycles. The highest BCUT2D eigenvalue weighted by molar-refractivity contribution is 7.92. The largest absolute Gasteiger partial charge is 0.455 e. The van der Waals surface area contributed by atoms with E-state index in [-0.39, 0.29) is 6.54 Å². The van der Waals surface area contributed by atoms with Crippen LogP contribution in [0.25, 0.3) is 0 Å². The number of hydrogen-bond donors (Lipinski definition) is 1. The molecule has 4 aromatic rings. The second kappa shape index (κ2) is 11.0. The van der Waals surface area contributed by atoms with E-state index in [1.54, 1.807) is 78.9 Å². The van der Waals surface area contributed by atoms with Gasteiger partial charge in [-0.05, 0) is 66.2 Å². The summed E-state index contributed by atoms with van der Waals surface area (Å²) in [5, 5.41) is 3.72. The van der Waals surface area contributed by atoms with Crippen LogP contribution in [0.4, 0.5) is 11.4 Å². The maximum Gasteiger partial charge on any atom is 0.255 e. The number of amides is 1. The van der Waals surface area contributed by atoms with Crippen LogP contribution in [0.15, 0.2) is 97.1 Å². The molecule has 9 heteroatoms. The van der Waals surface area contributed by atoms with Crippen molar-refractivity contribution in [1.82, 2.24) is 0 Å². The number of nitrogens with zero attached hydrogens (tertiary/aromatic N) is 1. The summed E-state index contributed by atoms with van der Waals surface area (Å²) < 4.78 is 32.1. The van der Waals surface area contributed by atoms with Crippen molar-refractivity contribution >= 4 is 50.5 Å². The minimum atomic E-state index is -3.61. The highest BCUT2D eigenvalue weighted by Crippen LogP contribution is 2.32. The van der Waals surface area contributed by atoms with E-state index in [1.165, 1.54) is 4.31 Å². The molecule has 0 aliphatic rings. The van der Waals surface area contributed by atoms with Gasteiger partial charge in [-0.2, -0.15) is 0 Å². The van der Waals surface area contributed by atoms with Gasteiger partial charge in [-0.15, -0.1) is 0 Å². The summed E-state index contributed by atoms with van der Waals surface area (Å²) in [6, 6.07) is 27.4. The average molecular weight is 541 g/mol. The van der Waals surface area contributed by atoms with Crippen molar-refractivity contribution in [3.63, 3.8) is 0 Å². The van der Waals surface area contributed by atoms with E-state index >= 15 is 0 Å². The van der Waals surface area contributed by atoms with Crippen LogP contribution < -0.4 is 14.4 Å². The average Bonchev–Trinajstić information content (AvgIpc) is 2.85. The predicted molar refractivity (Wildman–Crippen MR) is 145 cm³/mol. The lowest BCUT2D eigenvalue weighted by Gasteiger charge is -2.23. The Kier molecular flexibility index (Phi) is 7.84. The lowest BCUT2D eigenvalue weighted by molar-refractivity contribution is 0.102. The molecule has 0 spiro atoms. The Bertz CT molecular complexity index is 1480. The van der Waals surface area contributed by atoms with E-state index in [2.05, 4.69) is 5.32 Å². The molecule has 0 heterocycles. The number of carbonyl (C=O) groups is 1. The molecule has 0 aliphatic heterocycles. The fourth-order valence-corrected chi connectivity index (χ4v) is 4.71. The predicted octanol–water partition coefficient (Wildman–Crippen LogP) is 7.00. The Morgan fingerprint density at radius 1 is 0.889 bits per heavy atom. The van der Waals surface area contributed by atoms with Crippen LogP contribution in [-0.2, 0) is 16.6 Å². The van der Waals surface area contributed by atoms with Crippen LogP contribution in [0, 0.1) is 0 Å². The lowest BCUT2D eigenvalue weighted by Crippen LogP contribution is -2.29. The quantitative estimate of drug-likeness (QED) is 0.261. The summed E-state index contributed by atoms with van der Waals surface area (Å²) in [5.41, 5.74) is 1.80. The van der Waals surface area contributed by atoms with Gasteiger partial charge in [0.1, 0.15) is 5.75 Å². The zero-order valence-corrected chi connectivity index (χ0v) is 21.5. The first-order valence-electron chi connectivity index (χ1n) is 10.9. The molecule has 0 saturated carbocycles. The van der Waals surface area contributed by atoms with Crippen LogP contribution in [0.5, 0.6) is 11.5 Å². The van der Waals surface area contributed by atoms with E-state index in [1.807, 2.05) is 18.2 Å². The van der Waals surface area contributed by atoms with Crippen LogP contribution in [-0.4, -0.2) is 20.6 Å². The lowest BCUT2D eigenvalue weighted by atomic mass is 10.1. The van der Waals surface area contributed by atoms with Crippen molar-refractivity contribution in [1.29, 1.82) is 0 Å². The minimum absolute atomic E-state index is 0.0623. The number of para-hydroxylation sites is 1. The molecule has 0 fully saturated rings. The van der Waals surface area contributed by atoms with Crippen LogP contribution in [0.1, 0.15) is 15.9 Å². The molecule has 0 atom stereocenters. The molecule has 1 amide bonds. The van der Waals surface area contributed by atoms with Crippen LogP contribution in [0.3, 0.4) is 0 Å². The number of sulfonamides is 1. The van der Waals surface area contributed by atoms with Crippen molar-refractivity contribution in [3.8, 4) is 11.5 Å². The Balaban J connectivity index is 1.55. The molecule has 0 radical (unpaired) electrons. The summed E-state index contributed by atoms with van der Waals surface area (Å²) >= 11 is 12.4. The van der Waals surface area contributed by atoms with Crippen molar-refractivity contribution < 1.29 is 17.9 Å². The molecular weight excluding hydrogens is 519 g/mol. The standard InChI is InChI=1S/C27H22Cl2N2O4S/c1-36(33,34)31(18-20-7-5-6-10-24(20)29)22-14-11-19(12-15-22)27(32)30-25-17-21(28)13-16-26(25)35-23-8-3-2-4-9-23/h2-17H,18H2,1H3,(H,30,32). The monoisotopic (exact) mass is 540 g/mol. The van der Waals surface area contributed by atoms with E-state index in [0.717, 1.165) is 6.26 Å². The van der Waals surface area contributed by atoms with Gasteiger partial charge in [0.2, 0.25) is 10.0 Å².